The average Bonchev–Trinajstić information content (AvgIpc) is 2.82. The Balaban J connectivity index is 2.42. The van der Waals surface area contributed by atoms with Crippen molar-refractivity contribution < 1.29 is 0 Å². The molecule has 2 nitrogen and oxygen atoms in total. The summed E-state index contributed by atoms with van der Waals surface area (Å²) < 4.78 is 0. The van der Waals surface area contributed by atoms with Gasteiger partial charge in [-0.15, -0.1) is 0 Å². The summed E-state index contributed by atoms with van der Waals surface area (Å²) in [6.45, 7) is 6.21. The van der Waals surface area contributed by atoms with Crippen molar-refractivity contribution in [3.63, 3.8) is 0 Å². The van der Waals surface area contributed by atoms with Gasteiger partial charge < -0.3 is 0 Å². The standard InChI is InChI=1S/C14H18N2/c1-12-7-3-4-8-13(12)14(2,11-15)16-9-5-6-10-16/h3-4,7-8H,5-6,9-10H2,1-2H3. The third-order valence-corrected chi connectivity index (χ3v) is 3.63. The van der Waals surface area contributed by atoms with Gasteiger partial charge in [-0.1, -0.05) is 24.3 Å². The van der Waals surface area contributed by atoms with Gasteiger partial charge in [-0.2, -0.15) is 5.26 Å². The van der Waals surface area contributed by atoms with E-state index in [0.717, 1.165) is 18.7 Å². The first-order chi connectivity index (χ1) is 7.68. The normalized spacial score (nSPS) is 20.3. The summed E-state index contributed by atoms with van der Waals surface area (Å²) in [6.07, 6.45) is 2.42. The van der Waals surface area contributed by atoms with E-state index in [4.69, 9.17) is 0 Å². The van der Waals surface area contributed by atoms with Gasteiger partial charge in [0.05, 0.1) is 6.07 Å². The number of benzene rings is 1. The smallest absolute Gasteiger partial charge is 0.132 e. The van der Waals surface area contributed by atoms with E-state index in [-0.39, 0.29) is 0 Å². The predicted octanol–water partition coefficient (Wildman–Crippen LogP) is 2.83. The minimum Gasteiger partial charge on any atom is -0.282 e. The zero-order valence-electron chi connectivity index (χ0n) is 10.0. The Hall–Kier alpha value is -1.33. The quantitative estimate of drug-likeness (QED) is 0.757. The highest BCUT2D eigenvalue weighted by molar-refractivity contribution is 5.37. The highest BCUT2D eigenvalue weighted by atomic mass is 15.2. The van der Waals surface area contributed by atoms with Gasteiger partial charge in [-0.05, 0) is 50.9 Å². The highest BCUT2D eigenvalue weighted by Crippen LogP contribution is 2.32. The molecule has 1 aliphatic heterocycles. The summed E-state index contributed by atoms with van der Waals surface area (Å²) in [5.41, 5.74) is 1.90. The molecule has 1 heterocycles. The molecule has 1 fully saturated rings. The third kappa shape index (κ3) is 1.72. The van der Waals surface area contributed by atoms with Crippen LogP contribution in [-0.4, -0.2) is 18.0 Å². The Morgan fingerprint density at radius 2 is 1.88 bits per heavy atom. The van der Waals surface area contributed by atoms with Gasteiger partial charge in [0.1, 0.15) is 5.54 Å². The molecule has 1 atom stereocenters. The van der Waals surface area contributed by atoms with Crippen LogP contribution in [0.15, 0.2) is 24.3 Å². The number of hydrogen-bond acceptors (Lipinski definition) is 2. The minimum atomic E-state index is -0.457. The lowest BCUT2D eigenvalue weighted by molar-refractivity contribution is 0.193. The van der Waals surface area contributed by atoms with Crippen LogP contribution in [0.1, 0.15) is 30.9 Å². The third-order valence-electron chi connectivity index (χ3n) is 3.63. The van der Waals surface area contributed by atoms with Crippen molar-refractivity contribution in [2.45, 2.75) is 32.2 Å². The maximum atomic E-state index is 9.53. The molecule has 1 aliphatic rings. The molecule has 1 unspecified atom stereocenters. The summed E-state index contributed by atoms with van der Waals surface area (Å²) in [5.74, 6) is 0. The fraction of sp³-hybridized carbons (Fsp3) is 0.500. The van der Waals surface area contributed by atoms with E-state index in [1.165, 1.54) is 18.4 Å². The second-order valence-corrected chi connectivity index (χ2v) is 4.69. The number of rotatable bonds is 2. The van der Waals surface area contributed by atoms with E-state index in [1.807, 2.05) is 19.1 Å². The second-order valence-electron chi connectivity index (χ2n) is 4.69. The molecule has 0 saturated carbocycles. The molecule has 0 aliphatic carbocycles. The Morgan fingerprint density at radius 1 is 1.25 bits per heavy atom. The summed E-state index contributed by atoms with van der Waals surface area (Å²) in [5, 5.41) is 9.53. The Bertz CT molecular complexity index is 413. The van der Waals surface area contributed by atoms with Crippen molar-refractivity contribution in [2.24, 2.45) is 0 Å². The molecule has 84 valence electrons. The lowest BCUT2D eigenvalue weighted by atomic mass is 9.88. The Morgan fingerprint density at radius 3 is 2.44 bits per heavy atom. The topological polar surface area (TPSA) is 27.0 Å². The molecular formula is C14H18N2. The van der Waals surface area contributed by atoms with E-state index in [0.29, 0.717) is 0 Å². The van der Waals surface area contributed by atoms with Crippen LogP contribution >= 0.6 is 0 Å². The van der Waals surface area contributed by atoms with Gasteiger partial charge in [0.15, 0.2) is 0 Å². The number of nitriles is 1. The maximum absolute atomic E-state index is 9.53. The molecule has 0 N–H and O–H groups in total. The number of hydrogen-bond donors (Lipinski definition) is 0. The van der Waals surface area contributed by atoms with Gasteiger partial charge in [0.2, 0.25) is 0 Å². The van der Waals surface area contributed by atoms with Crippen LogP contribution in [-0.2, 0) is 5.54 Å². The van der Waals surface area contributed by atoms with Crippen molar-refractivity contribution in [1.29, 1.82) is 5.26 Å². The molecule has 0 radical (unpaired) electrons. The fourth-order valence-corrected chi connectivity index (χ4v) is 2.58. The first kappa shape index (κ1) is 11.2. The van der Waals surface area contributed by atoms with E-state index >= 15 is 0 Å². The summed E-state index contributed by atoms with van der Waals surface area (Å²) in [7, 11) is 0. The van der Waals surface area contributed by atoms with Gasteiger partial charge in [-0.25, -0.2) is 0 Å². The molecule has 2 heteroatoms. The SMILES string of the molecule is Cc1ccccc1C(C)(C#N)N1CCCC1. The molecule has 0 spiro atoms. The van der Waals surface area contributed by atoms with E-state index in [1.54, 1.807) is 0 Å². The molecular weight excluding hydrogens is 196 g/mol. The summed E-state index contributed by atoms with van der Waals surface area (Å²) in [4.78, 5) is 2.30. The maximum Gasteiger partial charge on any atom is 0.132 e. The molecule has 0 amide bonds. The van der Waals surface area contributed by atoms with Crippen molar-refractivity contribution in [1.82, 2.24) is 4.90 Å². The highest BCUT2D eigenvalue weighted by Gasteiger charge is 2.36. The van der Waals surface area contributed by atoms with Gasteiger partial charge in [0, 0.05) is 0 Å². The van der Waals surface area contributed by atoms with Crippen molar-refractivity contribution in [3.8, 4) is 6.07 Å². The van der Waals surface area contributed by atoms with Crippen LogP contribution < -0.4 is 0 Å². The van der Waals surface area contributed by atoms with Crippen LogP contribution in [0.4, 0.5) is 0 Å². The van der Waals surface area contributed by atoms with Crippen LogP contribution in [0.3, 0.4) is 0 Å². The van der Waals surface area contributed by atoms with Crippen LogP contribution in [0, 0.1) is 18.3 Å². The lowest BCUT2D eigenvalue weighted by Gasteiger charge is -2.33. The number of nitrogens with zero attached hydrogens (tertiary/aromatic N) is 2. The Labute approximate surface area is 97.5 Å². The molecule has 0 bridgehead atoms. The van der Waals surface area contributed by atoms with Gasteiger partial charge in [0.25, 0.3) is 0 Å². The van der Waals surface area contributed by atoms with Crippen LogP contribution in [0.5, 0.6) is 0 Å². The summed E-state index contributed by atoms with van der Waals surface area (Å²) in [6, 6.07) is 10.7. The van der Waals surface area contributed by atoms with Crippen molar-refractivity contribution in [3.05, 3.63) is 35.4 Å². The fourth-order valence-electron chi connectivity index (χ4n) is 2.58. The van der Waals surface area contributed by atoms with E-state index in [9.17, 15) is 5.26 Å². The molecule has 16 heavy (non-hydrogen) atoms. The van der Waals surface area contributed by atoms with E-state index < -0.39 is 5.54 Å². The molecule has 0 aromatic heterocycles. The lowest BCUT2D eigenvalue weighted by Crippen LogP contribution is -2.41. The van der Waals surface area contributed by atoms with Crippen LogP contribution in [0.2, 0.25) is 0 Å². The van der Waals surface area contributed by atoms with Crippen LogP contribution in [0.25, 0.3) is 0 Å². The Kier molecular flexibility index (Phi) is 2.98. The summed E-state index contributed by atoms with van der Waals surface area (Å²) >= 11 is 0. The van der Waals surface area contributed by atoms with Crippen molar-refractivity contribution >= 4 is 0 Å². The molecule has 1 aromatic carbocycles. The number of aryl methyl sites for hydroxylation is 1. The van der Waals surface area contributed by atoms with E-state index in [2.05, 4.69) is 30.0 Å². The first-order valence-electron chi connectivity index (χ1n) is 5.91. The van der Waals surface area contributed by atoms with Gasteiger partial charge in [-0.3, -0.25) is 4.90 Å². The molecule has 1 saturated heterocycles. The second kappa shape index (κ2) is 4.27. The zero-order chi connectivity index (χ0) is 11.6. The largest absolute Gasteiger partial charge is 0.282 e. The number of likely N-dealkylation sites (tertiary alicyclic amines) is 1. The minimum absolute atomic E-state index is 0.457. The zero-order valence-corrected chi connectivity index (χ0v) is 10.0. The average molecular weight is 214 g/mol. The van der Waals surface area contributed by atoms with Gasteiger partial charge >= 0.3 is 0 Å². The predicted molar refractivity (Wildman–Crippen MR) is 65.0 cm³/mol. The first-order valence-corrected chi connectivity index (χ1v) is 5.91. The monoisotopic (exact) mass is 214 g/mol. The molecule has 1 aromatic rings. The van der Waals surface area contributed by atoms with Crippen molar-refractivity contribution in [2.75, 3.05) is 13.1 Å². The molecule has 2 rings (SSSR count).